The number of nitrogens with zero attached hydrogens (tertiary/aromatic N) is 3. The molecule has 1 aliphatic rings. The summed E-state index contributed by atoms with van der Waals surface area (Å²) in [5, 5.41) is 1.66. The van der Waals surface area contributed by atoms with E-state index in [2.05, 4.69) is 25.7 Å². The second kappa shape index (κ2) is 10.0. The molecule has 37 heavy (non-hydrogen) atoms. The van der Waals surface area contributed by atoms with E-state index in [4.69, 9.17) is 39.8 Å². The third-order valence-electron chi connectivity index (χ3n) is 7.13. The Morgan fingerprint density at radius 1 is 0.892 bits per heavy atom. The molecule has 1 aliphatic heterocycles. The fourth-order valence-electron chi connectivity index (χ4n) is 5.13. The van der Waals surface area contributed by atoms with Gasteiger partial charge in [0.2, 0.25) is 0 Å². The van der Waals surface area contributed by atoms with Crippen LogP contribution in [0, 0.1) is 5.82 Å². The molecule has 2 aromatic carbocycles. The van der Waals surface area contributed by atoms with Crippen LogP contribution in [0.2, 0.25) is 15.1 Å². The van der Waals surface area contributed by atoms with Crippen molar-refractivity contribution in [2.75, 3.05) is 13.1 Å². The van der Waals surface area contributed by atoms with Crippen LogP contribution in [-0.2, 0) is 0 Å². The number of hydrogen-bond donors (Lipinski definition) is 0. The molecule has 0 N–H and O–H groups in total. The minimum atomic E-state index is -0.415. The molecule has 0 bridgehead atoms. The maximum Gasteiger partial charge on any atom is 0.256 e. The average molecular weight is 559 g/mol. The Morgan fingerprint density at radius 2 is 1.57 bits per heavy atom. The largest absolute Gasteiger partial charge is 0.298 e. The van der Waals surface area contributed by atoms with E-state index in [1.807, 2.05) is 6.07 Å². The number of piperidine rings is 1. The lowest BCUT2D eigenvalue weighted by Gasteiger charge is -2.40. The molecule has 0 spiro atoms. The number of hydrogen-bond acceptors (Lipinski definition) is 3. The van der Waals surface area contributed by atoms with Gasteiger partial charge < -0.3 is 0 Å². The number of rotatable bonds is 3. The predicted octanol–water partition coefficient (Wildman–Crippen LogP) is 8.13. The third kappa shape index (κ3) is 5.03. The van der Waals surface area contributed by atoms with Crippen LogP contribution < -0.4 is 5.56 Å². The monoisotopic (exact) mass is 557 g/mol. The van der Waals surface area contributed by atoms with Crippen molar-refractivity contribution in [3.8, 4) is 16.8 Å². The summed E-state index contributed by atoms with van der Waals surface area (Å²) in [7, 11) is 0. The number of para-hydroxylation sites is 1. The molecular weight excluding hydrogens is 532 g/mol. The highest BCUT2D eigenvalue weighted by molar-refractivity contribution is 6.38. The van der Waals surface area contributed by atoms with Gasteiger partial charge in [0.15, 0.2) is 0 Å². The lowest BCUT2D eigenvalue weighted by Crippen LogP contribution is -2.45. The van der Waals surface area contributed by atoms with Crippen LogP contribution in [0.3, 0.4) is 0 Å². The molecule has 8 heteroatoms. The Balaban J connectivity index is 1.77. The minimum absolute atomic E-state index is 0.0931. The first kappa shape index (κ1) is 26.2. The third-order valence-corrected chi connectivity index (χ3v) is 8.05. The van der Waals surface area contributed by atoms with Crippen molar-refractivity contribution in [1.82, 2.24) is 14.5 Å². The molecular formula is C29H27Cl3FN3O. The lowest BCUT2D eigenvalue weighted by molar-refractivity contribution is 0.102. The highest BCUT2D eigenvalue weighted by Gasteiger charge is 2.29. The molecule has 1 saturated heterocycles. The summed E-state index contributed by atoms with van der Waals surface area (Å²) in [6.07, 6.45) is 1.85. The first-order valence-electron chi connectivity index (χ1n) is 12.3. The van der Waals surface area contributed by atoms with Crippen LogP contribution >= 0.6 is 34.8 Å². The zero-order valence-electron chi connectivity index (χ0n) is 20.9. The standard InChI is InChI=1S/C29H27Cl3FN3O/c1-29(2,3)35-13-11-17(12-14-35)25-16-21(19-8-7-18(33)15-24(19)32)20-9-10-26(37)36(28(20)34-25)27-22(30)5-4-6-23(27)31/h4-10,15-17H,11-14H2,1-3H3. The summed E-state index contributed by atoms with van der Waals surface area (Å²) in [5.74, 6) is -0.229. The van der Waals surface area contributed by atoms with Gasteiger partial charge in [0, 0.05) is 34.2 Å². The summed E-state index contributed by atoms with van der Waals surface area (Å²) in [5.41, 5.74) is 2.92. The van der Waals surface area contributed by atoms with Crippen molar-refractivity contribution in [3.63, 3.8) is 0 Å². The van der Waals surface area contributed by atoms with Crippen LogP contribution in [0.25, 0.3) is 27.8 Å². The SMILES string of the molecule is CC(C)(C)N1CCC(c2cc(-c3ccc(F)cc3Cl)c3ccc(=O)n(-c4c(Cl)cccc4Cl)c3n2)CC1. The van der Waals surface area contributed by atoms with Crippen LogP contribution in [0.5, 0.6) is 0 Å². The fourth-order valence-corrected chi connectivity index (χ4v) is 5.97. The molecule has 2 aromatic heterocycles. The van der Waals surface area contributed by atoms with Crippen LogP contribution in [0.15, 0.2) is 59.4 Å². The van der Waals surface area contributed by atoms with E-state index in [9.17, 15) is 9.18 Å². The molecule has 3 heterocycles. The van der Waals surface area contributed by atoms with Crippen molar-refractivity contribution in [3.05, 3.63) is 91.5 Å². The van der Waals surface area contributed by atoms with Gasteiger partial charge in [-0.05, 0) is 94.7 Å². The van der Waals surface area contributed by atoms with E-state index < -0.39 is 5.82 Å². The van der Waals surface area contributed by atoms with Gasteiger partial charge in [-0.3, -0.25) is 14.3 Å². The summed E-state index contributed by atoms with van der Waals surface area (Å²) < 4.78 is 15.4. The molecule has 4 nitrogen and oxygen atoms in total. The first-order chi connectivity index (χ1) is 17.5. The number of likely N-dealkylation sites (tertiary alicyclic amines) is 1. The van der Waals surface area contributed by atoms with Gasteiger partial charge in [-0.25, -0.2) is 9.37 Å². The van der Waals surface area contributed by atoms with Gasteiger partial charge in [-0.2, -0.15) is 0 Å². The molecule has 0 unspecified atom stereocenters. The number of fused-ring (bicyclic) bond motifs is 1. The summed E-state index contributed by atoms with van der Waals surface area (Å²) in [4.78, 5) is 20.8. The van der Waals surface area contributed by atoms with E-state index in [1.54, 1.807) is 30.3 Å². The first-order valence-corrected chi connectivity index (χ1v) is 13.4. The van der Waals surface area contributed by atoms with Crippen LogP contribution in [0.1, 0.15) is 45.2 Å². The van der Waals surface area contributed by atoms with Gasteiger partial charge in [-0.15, -0.1) is 0 Å². The number of pyridine rings is 2. The summed E-state index contributed by atoms with van der Waals surface area (Å²) in [6, 6.07) is 14.7. The number of aromatic nitrogens is 2. The topological polar surface area (TPSA) is 38.1 Å². The molecule has 4 aromatic rings. The molecule has 0 atom stereocenters. The zero-order chi connectivity index (χ0) is 26.5. The van der Waals surface area contributed by atoms with Crippen LogP contribution in [-0.4, -0.2) is 33.1 Å². The molecule has 0 amide bonds. The second-order valence-electron chi connectivity index (χ2n) is 10.5. The summed E-state index contributed by atoms with van der Waals surface area (Å²) in [6.45, 7) is 8.56. The Hall–Kier alpha value is -2.44. The van der Waals surface area contributed by atoms with Crippen molar-refractivity contribution >= 4 is 45.8 Å². The normalized spacial score (nSPS) is 15.4. The maximum absolute atomic E-state index is 13.9. The average Bonchev–Trinajstić information content (AvgIpc) is 2.84. The Bertz CT molecular complexity index is 1530. The van der Waals surface area contributed by atoms with Crippen molar-refractivity contribution in [2.24, 2.45) is 0 Å². The molecule has 0 saturated carbocycles. The second-order valence-corrected chi connectivity index (χ2v) is 11.7. The quantitative estimate of drug-likeness (QED) is 0.255. The van der Waals surface area contributed by atoms with E-state index >= 15 is 0 Å². The molecule has 0 radical (unpaired) electrons. The number of halogens is 4. The Morgan fingerprint density at radius 3 is 2.19 bits per heavy atom. The van der Waals surface area contributed by atoms with Gasteiger partial charge in [-0.1, -0.05) is 40.9 Å². The minimum Gasteiger partial charge on any atom is -0.298 e. The van der Waals surface area contributed by atoms with E-state index in [0.29, 0.717) is 32.3 Å². The zero-order valence-corrected chi connectivity index (χ0v) is 23.1. The van der Waals surface area contributed by atoms with Gasteiger partial charge in [0.25, 0.3) is 5.56 Å². The highest BCUT2D eigenvalue weighted by atomic mass is 35.5. The van der Waals surface area contributed by atoms with Gasteiger partial charge >= 0.3 is 0 Å². The maximum atomic E-state index is 13.9. The Kier molecular flexibility index (Phi) is 7.10. The van der Waals surface area contributed by atoms with Crippen molar-refractivity contribution in [1.29, 1.82) is 0 Å². The smallest absolute Gasteiger partial charge is 0.256 e. The molecule has 192 valence electrons. The van der Waals surface area contributed by atoms with E-state index in [0.717, 1.165) is 37.2 Å². The van der Waals surface area contributed by atoms with Crippen molar-refractivity contribution < 1.29 is 4.39 Å². The predicted molar refractivity (Wildman–Crippen MR) is 151 cm³/mol. The summed E-state index contributed by atoms with van der Waals surface area (Å²) >= 11 is 19.6. The number of benzene rings is 2. The Labute approximate surface area is 230 Å². The van der Waals surface area contributed by atoms with Gasteiger partial charge in [0.05, 0.1) is 20.8 Å². The molecule has 5 rings (SSSR count). The van der Waals surface area contributed by atoms with Crippen LogP contribution in [0.4, 0.5) is 4.39 Å². The van der Waals surface area contributed by atoms with Crippen molar-refractivity contribution in [2.45, 2.75) is 45.1 Å². The lowest BCUT2D eigenvalue weighted by atomic mass is 9.88. The van der Waals surface area contributed by atoms with E-state index in [1.165, 1.54) is 22.8 Å². The fraction of sp³-hybridized carbons (Fsp3) is 0.310. The van der Waals surface area contributed by atoms with Gasteiger partial charge in [0.1, 0.15) is 11.5 Å². The molecule has 1 fully saturated rings. The van der Waals surface area contributed by atoms with E-state index in [-0.39, 0.29) is 22.0 Å². The highest BCUT2D eigenvalue weighted by Crippen LogP contribution is 2.39. The molecule has 0 aliphatic carbocycles.